The standard InChI is InChI=1S/C30H32FN3O6/c1-3-38-29(36)22-13-21(20-9-10-20)26-18(2)27(23(31)14-34(26)28(22)35)32-15-24-25(16-32)39-12-11-33(24)30(37)40-17-19-7-5-4-6-8-19/h4-8,13-14,20,24-25H,3,9-12,15-17H2,1-2H3/t24-,25-/m1/s1. The lowest BCUT2D eigenvalue weighted by atomic mass is 10.0. The summed E-state index contributed by atoms with van der Waals surface area (Å²) in [6, 6.07) is 10.8. The Hall–Kier alpha value is -3.92. The smallest absolute Gasteiger partial charge is 0.410 e. The molecule has 40 heavy (non-hydrogen) atoms. The molecule has 3 aromatic rings. The average Bonchev–Trinajstić information content (AvgIpc) is 3.71. The van der Waals surface area contributed by atoms with E-state index in [0.717, 1.165) is 24.0 Å². The summed E-state index contributed by atoms with van der Waals surface area (Å²) in [5.41, 5.74) is 2.67. The fourth-order valence-corrected chi connectivity index (χ4v) is 5.99. The lowest BCUT2D eigenvalue weighted by Gasteiger charge is -2.35. The second kappa shape index (κ2) is 10.6. The van der Waals surface area contributed by atoms with Crippen molar-refractivity contribution in [1.29, 1.82) is 0 Å². The van der Waals surface area contributed by atoms with Crippen LogP contribution in [0.3, 0.4) is 0 Å². The molecule has 2 saturated heterocycles. The van der Waals surface area contributed by atoms with Crippen LogP contribution in [0.15, 0.2) is 47.4 Å². The van der Waals surface area contributed by atoms with Gasteiger partial charge < -0.3 is 19.1 Å². The molecule has 1 amide bonds. The van der Waals surface area contributed by atoms with E-state index >= 15 is 4.39 Å². The lowest BCUT2D eigenvalue weighted by Crippen LogP contribution is -2.53. The molecule has 1 aliphatic carbocycles. The third-order valence-corrected chi connectivity index (χ3v) is 8.01. The van der Waals surface area contributed by atoms with Crippen LogP contribution in [-0.4, -0.2) is 66.4 Å². The zero-order valence-electron chi connectivity index (χ0n) is 22.6. The van der Waals surface area contributed by atoms with Gasteiger partial charge in [-0.2, -0.15) is 0 Å². The molecule has 6 rings (SSSR count). The molecular formula is C30H32FN3O6. The van der Waals surface area contributed by atoms with Gasteiger partial charge in [-0.3, -0.25) is 14.1 Å². The first-order valence-corrected chi connectivity index (χ1v) is 13.8. The SMILES string of the molecule is CCOC(=O)c1cc(C2CC2)c2c(C)c(N3C[C@@H]4[C@@H](C3)OCCN4C(=O)OCc3ccccc3)c(F)cn2c1=O. The maximum atomic E-state index is 15.8. The maximum Gasteiger partial charge on any atom is 0.410 e. The molecule has 0 unspecified atom stereocenters. The Labute approximate surface area is 231 Å². The molecule has 3 aliphatic rings. The van der Waals surface area contributed by atoms with Crippen molar-refractivity contribution in [1.82, 2.24) is 9.30 Å². The van der Waals surface area contributed by atoms with Gasteiger partial charge in [-0.25, -0.2) is 14.0 Å². The molecule has 3 fully saturated rings. The van der Waals surface area contributed by atoms with Crippen LogP contribution in [0, 0.1) is 12.7 Å². The number of amides is 1. The van der Waals surface area contributed by atoms with E-state index in [9.17, 15) is 14.4 Å². The largest absolute Gasteiger partial charge is 0.462 e. The molecule has 0 spiro atoms. The number of carbonyl (C=O) groups excluding carboxylic acids is 2. The van der Waals surface area contributed by atoms with E-state index in [-0.39, 0.29) is 36.8 Å². The molecule has 0 radical (unpaired) electrons. The van der Waals surface area contributed by atoms with Gasteiger partial charge in [-0.15, -0.1) is 0 Å². The van der Waals surface area contributed by atoms with Crippen molar-refractivity contribution in [2.75, 3.05) is 37.7 Å². The van der Waals surface area contributed by atoms with E-state index in [0.29, 0.717) is 43.0 Å². The number of pyridine rings is 2. The number of fused-ring (bicyclic) bond motifs is 2. The summed E-state index contributed by atoms with van der Waals surface area (Å²) in [4.78, 5) is 42.4. The second-order valence-electron chi connectivity index (χ2n) is 10.6. The van der Waals surface area contributed by atoms with Crippen molar-refractivity contribution >= 4 is 23.3 Å². The highest BCUT2D eigenvalue weighted by Gasteiger charge is 2.44. The second-order valence-corrected chi connectivity index (χ2v) is 10.6. The number of benzene rings is 1. The summed E-state index contributed by atoms with van der Waals surface area (Å²) in [6.07, 6.45) is 2.32. The van der Waals surface area contributed by atoms with Gasteiger partial charge >= 0.3 is 12.1 Å². The summed E-state index contributed by atoms with van der Waals surface area (Å²) in [7, 11) is 0. The molecule has 210 valence electrons. The molecule has 9 nitrogen and oxygen atoms in total. The summed E-state index contributed by atoms with van der Waals surface area (Å²) in [6.45, 7) is 5.30. The monoisotopic (exact) mass is 549 g/mol. The number of hydrogen-bond acceptors (Lipinski definition) is 7. The van der Waals surface area contributed by atoms with Crippen molar-refractivity contribution in [2.45, 2.75) is 51.4 Å². The van der Waals surface area contributed by atoms with Gasteiger partial charge in [0, 0.05) is 19.6 Å². The van der Waals surface area contributed by atoms with Crippen LogP contribution in [-0.2, 0) is 20.8 Å². The zero-order chi connectivity index (χ0) is 28.0. The molecule has 2 aliphatic heterocycles. The van der Waals surface area contributed by atoms with E-state index in [1.54, 1.807) is 24.8 Å². The lowest BCUT2D eigenvalue weighted by molar-refractivity contribution is -0.0441. The molecular weight excluding hydrogens is 517 g/mol. The van der Waals surface area contributed by atoms with Crippen LogP contribution in [0.1, 0.15) is 52.7 Å². The number of morpholine rings is 1. The van der Waals surface area contributed by atoms with E-state index in [1.807, 2.05) is 35.2 Å². The first kappa shape index (κ1) is 26.3. The van der Waals surface area contributed by atoms with Gasteiger partial charge in [0.25, 0.3) is 5.56 Å². The van der Waals surface area contributed by atoms with Crippen molar-refractivity contribution in [2.24, 2.45) is 0 Å². The number of esters is 1. The van der Waals surface area contributed by atoms with E-state index in [4.69, 9.17) is 14.2 Å². The summed E-state index contributed by atoms with van der Waals surface area (Å²) in [5, 5.41) is 0. The van der Waals surface area contributed by atoms with Crippen LogP contribution < -0.4 is 10.5 Å². The van der Waals surface area contributed by atoms with Crippen molar-refractivity contribution < 1.29 is 28.2 Å². The Morgan fingerprint density at radius 1 is 1.12 bits per heavy atom. The number of hydrogen-bond donors (Lipinski definition) is 0. The fourth-order valence-electron chi connectivity index (χ4n) is 5.99. The number of carbonyl (C=O) groups is 2. The Bertz CT molecular complexity index is 1520. The normalized spacial score (nSPS) is 20.5. The van der Waals surface area contributed by atoms with Gasteiger partial charge in [0.1, 0.15) is 12.2 Å². The van der Waals surface area contributed by atoms with Crippen LogP contribution in [0.5, 0.6) is 0 Å². The third kappa shape index (κ3) is 4.70. The molecule has 0 bridgehead atoms. The Morgan fingerprint density at radius 3 is 2.62 bits per heavy atom. The number of halogens is 1. The highest BCUT2D eigenvalue weighted by molar-refractivity contribution is 5.90. The molecule has 1 saturated carbocycles. The summed E-state index contributed by atoms with van der Waals surface area (Å²) < 4.78 is 33.8. The topological polar surface area (TPSA) is 89.8 Å². The van der Waals surface area contributed by atoms with Gasteiger partial charge in [0.15, 0.2) is 5.82 Å². The quantitative estimate of drug-likeness (QED) is 0.429. The average molecular weight is 550 g/mol. The minimum absolute atomic E-state index is 0.0851. The van der Waals surface area contributed by atoms with Gasteiger partial charge in [-0.05, 0) is 55.4 Å². The first-order valence-electron chi connectivity index (χ1n) is 13.8. The molecule has 2 aromatic heterocycles. The summed E-state index contributed by atoms with van der Waals surface area (Å²) in [5.74, 6) is -1.09. The van der Waals surface area contributed by atoms with Gasteiger partial charge in [0.05, 0.1) is 42.8 Å². The number of ether oxygens (including phenoxy) is 3. The summed E-state index contributed by atoms with van der Waals surface area (Å²) >= 11 is 0. The third-order valence-electron chi connectivity index (χ3n) is 8.01. The Balaban J connectivity index is 1.31. The van der Waals surface area contributed by atoms with E-state index in [1.165, 1.54) is 10.6 Å². The minimum Gasteiger partial charge on any atom is -0.462 e. The van der Waals surface area contributed by atoms with E-state index in [2.05, 4.69) is 0 Å². The molecule has 0 N–H and O–H groups in total. The van der Waals surface area contributed by atoms with Crippen molar-refractivity contribution in [3.8, 4) is 0 Å². The van der Waals surface area contributed by atoms with Crippen molar-refractivity contribution in [3.05, 3.63) is 81.0 Å². The van der Waals surface area contributed by atoms with Crippen LogP contribution >= 0.6 is 0 Å². The number of anilines is 1. The number of nitrogens with zero attached hydrogens (tertiary/aromatic N) is 3. The number of rotatable bonds is 6. The van der Waals surface area contributed by atoms with Crippen LogP contribution in [0.4, 0.5) is 14.9 Å². The highest BCUT2D eigenvalue weighted by atomic mass is 19.1. The number of aryl methyl sites for hydroxylation is 1. The zero-order valence-corrected chi connectivity index (χ0v) is 22.6. The predicted octanol–water partition coefficient (Wildman–Crippen LogP) is 4.03. The minimum atomic E-state index is -0.703. The fraction of sp³-hybridized carbons (Fsp3) is 0.433. The maximum absolute atomic E-state index is 15.8. The van der Waals surface area contributed by atoms with Crippen LogP contribution in [0.25, 0.3) is 5.52 Å². The number of aromatic nitrogens is 1. The van der Waals surface area contributed by atoms with E-state index < -0.39 is 23.4 Å². The molecule has 10 heteroatoms. The van der Waals surface area contributed by atoms with Crippen LogP contribution in [0.2, 0.25) is 0 Å². The van der Waals surface area contributed by atoms with Gasteiger partial charge in [0.2, 0.25) is 0 Å². The molecule has 4 heterocycles. The highest BCUT2D eigenvalue weighted by Crippen LogP contribution is 2.44. The first-order chi connectivity index (χ1) is 19.4. The molecule has 2 atom stereocenters. The Kier molecular flexibility index (Phi) is 6.95. The predicted molar refractivity (Wildman–Crippen MR) is 145 cm³/mol. The Morgan fingerprint density at radius 2 is 1.90 bits per heavy atom. The van der Waals surface area contributed by atoms with Gasteiger partial charge in [-0.1, -0.05) is 30.3 Å². The molecule has 1 aromatic carbocycles. The van der Waals surface area contributed by atoms with Crippen molar-refractivity contribution in [3.63, 3.8) is 0 Å².